The number of rotatable bonds is 2. The number of carboxylic acid groups (broad SMARTS) is 1. The Bertz CT molecular complexity index is 260. The number of carboxylic acids is 1. The minimum absolute atomic E-state index is 0.0742. The van der Waals surface area contributed by atoms with Gasteiger partial charge in [0.1, 0.15) is 0 Å². The van der Waals surface area contributed by atoms with E-state index in [0.29, 0.717) is 5.69 Å². The number of aromatic hydroxyl groups is 1. The van der Waals surface area contributed by atoms with Gasteiger partial charge in [0.15, 0.2) is 5.75 Å². The van der Waals surface area contributed by atoms with Crippen LogP contribution in [-0.4, -0.2) is 26.0 Å². The average molecular weight is 156 g/mol. The first-order valence-electron chi connectivity index (χ1n) is 3.03. The molecule has 1 rings (SSSR count). The van der Waals surface area contributed by atoms with E-state index in [2.05, 4.69) is 5.10 Å². The van der Waals surface area contributed by atoms with Crippen molar-refractivity contribution in [2.45, 2.75) is 6.42 Å². The van der Waals surface area contributed by atoms with E-state index in [4.69, 9.17) is 10.2 Å². The van der Waals surface area contributed by atoms with Crippen molar-refractivity contribution in [1.82, 2.24) is 9.78 Å². The lowest BCUT2D eigenvalue weighted by atomic mass is 10.3. The van der Waals surface area contributed by atoms with E-state index >= 15 is 0 Å². The third-order valence-electron chi connectivity index (χ3n) is 1.36. The summed E-state index contributed by atoms with van der Waals surface area (Å²) in [7, 11) is 1.58. The van der Waals surface area contributed by atoms with Crippen LogP contribution in [0.5, 0.6) is 5.75 Å². The highest BCUT2D eigenvalue weighted by Crippen LogP contribution is 2.14. The van der Waals surface area contributed by atoms with Crippen molar-refractivity contribution in [2.24, 2.45) is 7.05 Å². The van der Waals surface area contributed by atoms with Gasteiger partial charge in [-0.2, -0.15) is 5.10 Å². The highest BCUT2D eigenvalue weighted by Gasteiger charge is 2.10. The molecule has 5 nitrogen and oxygen atoms in total. The lowest BCUT2D eigenvalue weighted by molar-refractivity contribution is -0.136. The van der Waals surface area contributed by atoms with E-state index in [9.17, 15) is 4.79 Å². The number of nitrogens with zero attached hydrogens (tertiary/aromatic N) is 2. The fourth-order valence-electron chi connectivity index (χ4n) is 0.799. The second kappa shape index (κ2) is 2.61. The standard InChI is InChI=1S/C6H8N2O3/c1-8-4(2-6(10)11)5(9)3-7-8/h3,9H,2H2,1H3,(H,10,11). The zero-order valence-corrected chi connectivity index (χ0v) is 5.98. The van der Waals surface area contributed by atoms with E-state index in [1.54, 1.807) is 7.05 Å². The Hall–Kier alpha value is -1.52. The van der Waals surface area contributed by atoms with Gasteiger partial charge in [-0.1, -0.05) is 0 Å². The molecule has 0 aromatic carbocycles. The first-order chi connectivity index (χ1) is 5.11. The maximum Gasteiger partial charge on any atom is 0.309 e. The Morgan fingerprint density at radius 3 is 2.82 bits per heavy atom. The van der Waals surface area contributed by atoms with Gasteiger partial charge in [0, 0.05) is 7.05 Å². The summed E-state index contributed by atoms with van der Waals surface area (Å²) in [5, 5.41) is 21.1. The van der Waals surface area contributed by atoms with Gasteiger partial charge in [0.05, 0.1) is 18.3 Å². The minimum Gasteiger partial charge on any atom is -0.504 e. The van der Waals surface area contributed by atoms with Crippen LogP contribution in [0.15, 0.2) is 6.20 Å². The molecule has 0 aliphatic rings. The molecule has 1 aromatic rings. The lowest BCUT2D eigenvalue weighted by Gasteiger charge is -1.96. The van der Waals surface area contributed by atoms with Crippen molar-refractivity contribution in [3.8, 4) is 5.75 Å². The molecule has 0 fully saturated rings. The SMILES string of the molecule is Cn1ncc(O)c1CC(=O)O. The largest absolute Gasteiger partial charge is 0.504 e. The summed E-state index contributed by atoms with van der Waals surface area (Å²) in [5.74, 6) is -1.06. The molecule has 0 saturated heterocycles. The van der Waals surface area contributed by atoms with Crippen molar-refractivity contribution in [2.75, 3.05) is 0 Å². The van der Waals surface area contributed by atoms with Crippen LogP contribution >= 0.6 is 0 Å². The monoisotopic (exact) mass is 156 g/mol. The van der Waals surface area contributed by atoms with Gasteiger partial charge >= 0.3 is 5.97 Å². The summed E-state index contributed by atoms with van der Waals surface area (Å²) < 4.78 is 1.34. The van der Waals surface area contributed by atoms with Crippen molar-refractivity contribution >= 4 is 5.97 Å². The Balaban J connectivity index is 2.92. The van der Waals surface area contributed by atoms with Crippen LogP contribution in [0.4, 0.5) is 0 Å². The highest BCUT2D eigenvalue weighted by atomic mass is 16.4. The minimum atomic E-state index is -0.982. The Kier molecular flexibility index (Phi) is 1.80. The van der Waals surface area contributed by atoms with Crippen LogP contribution in [0, 0.1) is 0 Å². The zero-order chi connectivity index (χ0) is 8.43. The number of aromatic nitrogens is 2. The number of aliphatic carboxylic acids is 1. The van der Waals surface area contributed by atoms with Gasteiger partial charge in [-0.25, -0.2) is 0 Å². The summed E-state index contributed by atoms with van der Waals surface area (Å²) in [6.07, 6.45) is 1.01. The molecule has 0 atom stereocenters. The third kappa shape index (κ3) is 1.49. The first-order valence-corrected chi connectivity index (χ1v) is 3.03. The molecular weight excluding hydrogens is 148 g/mol. The Morgan fingerprint density at radius 1 is 1.82 bits per heavy atom. The zero-order valence-electron chi connectivity index (χ0n) is 5.98. The number of hydrogen-bond donors (Lipinski definition) is 2. The molecular formula is C6H8N2O3. The van der Waals surface area contributed by atoms with Crippen LogP contribution in [0.3, 0.4) is 0 Å². The normalized spacial score (nSPS) is 9.91. The molecule has 11 heavy (non-hydrogen) atoms. The second-order valence-corrected chi connectivity index (χ2v) is 2.17. The van der Waals surface area contributed by atoms with E-state index in [1.165, 1.54) is 10.9 Å². The molecule has 0 radical (unpaired) electrons. The fourth-order valence-corrected chi connectivity index (χ4v) is 0.799. The smallest absolute Gasteiger partial charge is 0.309 e. The van der Waals surface area contributed by atoms with E-state index in [0.717, 1.165) is 0 Å². The lowest BCUT2D eigenvalue weighted by Crippen LogP contribution is -2.05. The van der Waals surface area contributed by atoms with E-state index < -0.39 is 5.97 Å². The van der Waals surface area contributed by atoms with Crippen LogP contribution in [-0.2, 0) is 18.3 Å². The second-order valence-electron chi connectivity index (χ2n) is 2.17. The summed E-state index contributed by atoms with van der Waals surface area (Å²) in [6.45, 7) is 0. The molecule has 0 aliphatic heterocycles. The molecule has 0 spiro atoms. The Morgan fingerprint density at radius 2 is 2.45 bits per heavy atom. The maximum atomic E-state index is 10.2. The van der Waals surface area contributed by atoms with Crippen LogP contribution in [0.2, 0.25) is 0 Å². The van der Waals surface area contributed by atoms with Crippen molar-refractivity contribution in [3.05, 3.63) is 11.9 Å². The fraction of sp³-hybridized carbons (Fsp3) is 0.333. The van der Waals surface area contributed by atoms with Crippen molar-refractivity contribution < 1.29 is 15.0 Å². The molecule has 60 valence electrons. The molecule has 0 bridgehead atoms. The Labute approximate surface area is 62.9 Å². The third-order valence-corrected chi connectivity index (χ3v) is 1.36. The predicted molar refractivity (Wildman–Crippen MR) is 36.2 cm³/mol. The van der Waals surface area contributed by atoms with Gasteiger partial charge in [0.25, 0.3) is 0 Å². The van der Waals surface area contributed by atoms with Gasteiger partial charge in [-0.3, -0.25) is 9.48 Å². The van der Waals surface area contributed by atoms with Crippen LogP contribution in [0.25, 0.3) is 0 Å². The topological polar surface area (TPSA) is 75.3 Å². The maximum absolute atomic E-state index is 10.2. The summed E-state index contributed by atoms with van der Waals surface area (Å²) in [4.78, 5) is 10.2. The summed E-state index contributed by atoms with van der Waals surface area (Å²) in [6, 6.07) is 0. The van der Waals surface area contributed by atoms with Crippen molar-refractivity contribution in [1.29, 1.82) is 0 Å². The van der Waals surface area contributed by atoms with Gasteiger partial charge < -0.3 is 10.2 Å². The van der Waals surface area contributed by atoms with E-state index in [-0.39, 0.29) is 12.2 Å². The number of hydrogen-bond acceptors (Lipinski definition) is 3. The summed E-state index contributed by atoms with van der Waals surface area (Å²) in [5.41, 5.74) is 0.317. The number of aryl methyl sites for hydroxylation is 1. The average Bonchev–Trinajstić information content (AvgIpc) is 2.18. The molecule has 2 N–H and O–H groups in total. The quantitative estimate of drug-likeness (QED) is 0.619. The summed E-state index contributed by atoms with van der Waals surface area (Å²) >= 11 is 0. The van der Waals surface area contributed by atoms with Crippen molar-refractivity contribution in [3.63, 3.8) is 0 Å². The molecule has 5 heteroatoms. The molecule has 0 saturated carbocycles. The van der Waals surface area contributed by atoms with Gasteiger partial charge in [0.2, 0.25) is 0 Å². The molecule has 1 aromatic heterocycles. The van der Waals surface area contributed by atoms with Gasteiger partial charge in [-0.05, 0) is 0 Å². The van der Waals surface area contributed by atoms with Crippen LogP contribution in [0.1, 0.15) is 5.69 Å². The molecule has 0 amide bonds. The molecule has 1 heterocycles. The first kappa shape index (κ1) is 7.59. The van der Waals surface area contributed by atoms with Crippen LogP contribution < -0.4 is 0 Å². The number of carbonyl (C=O) groups is 1. The van der Waals surface area contributed by atoms with E-state index in [1.807, 2.05) is 0 Å². The highest BCUT2D eigenvalue weighted by molar-refractivity contribution is 5.70. The predicted octanol–water partition coefficient (Wildman–Crippen LogP) is -0.247. The molecule has 0 aliphatic carbocycles. The van der Waals surface area contributed by atoms with Gasteiger partial charge in [-0.15, -0.1) is 0 Å². The molecule has 0 unspecified atom stereocenters.